The fourth-order valence-corrected chi connectivity index (χ4v) is 2.67. The van der Waals surface area contributed by atoms with E-state index in [9.17, 15) is 4.79 Å². The minimum atomic E-state index is -0.189. The van der Waals surface area contributed by atoms with Gasteiger partial charge in [-0.1, -0.05) is 0 Å². The summed E-state index contributed by atoms with van der Waals surface area (Å²) in [5.74, 6) is 0.260. The molecule has 16 heavy (non-hydrogen) atoms. The van der Waals surface area contributed by atoms with E-state index in [0.717, 1.165) is 25.9 Å². The SMILES string of the molecule is CN(CC1CCCN1C)C(=O)C1(CN)CC1. The molecule has 1 aliphatic heterocycles. The van der Waals surface area contributed by atoms with Gasteiger partial charge in [-0.3, -0.25) is 4.79 Å². The van der Waals surface area contributed by atoms with Gasteiger partial charge in [-0.25, -0.2) is 0 Å². The molecule has 2 rings (SSSR count). The summed E-state index contributed by atoms with van der Waals surface area (Å²) in [6.45, 7) is 2.53. The topological polar surface area (TPSA) is 49.6 Å². The number of nitrogens with zero attached hydrogens (tertiary/aromatic N) is 2. The van der Waals surface area contributed by atoms with Crippen molar-refractivity contribution in [3.05, 3.63) is 0 Å². The van der Waals surface area contributed by atoms with Gasteiger partial charge in [0.15, 0.2) is 0 Å². The molecule has 1 amide bonds. The van der Waals surface area contributed by atoms with Crippen molar-refractivity contribution in [3.8, 4) is 0 Å². The van der Waals surface area contributed by atoms with E-state index in [1.807, 2.05) is 11.9 Å². The Balaban J connectivity index is 1.88. The average Bonchev–Trinajstić information content (AvgIpc) is 2.99. The molecule has 2 fully saturated rings. The molecule has 0 bridgehead atoms. The van der Waals surface area contributed by atoms with Crippen LogP contribution < -0.4 is 5.73 Å². The van der Waals surface area contributed by atoms with Gasteiger partial charge < -0.3 is 15.5 Å². The molecule has 2 aliphatic rings. The largest absolute Gasteiger partial charge is 0.344 e. The Morgan fingerprint density at radius 1 is 1.56 bits per heavy atom. The summed E-state index contributed by atoms with van der Waals surface area (Å²) in [4.78, 5) is 16.4. The van der Waals surface area contributed by atoms with Gasteiger partial charge in [0.25, 0.3) is 0 Å². The lowest BCUT2D eigenvalue weighted by molar-refractivity contribution is -0.135. The van der Waals surface area contributed by atoms with Crippen LogP contribution in [0.4, 0.5) is 0 Å². The van der Waals surface area contributed by atoms with E-state index in [1.54, 1.807) is 0 Å². The maximum atomic E-state index is 12.2. The molecule has 1 aliphatic carbocycles. The van der Waals surface area contributed by atoms with E-state index < -0.39 is 0 Å². The van der Waals surface area contributed by atoms with Gasteiger partial charge in [0.05, 0.1) is 5.41 Å². The Hall–Kier alpha value is -0.610. The molecule has 4 heteroatoms. The van der Waals surface area contributed by atoms with Crippen molar-refractivity contribution in [1.82, 2.24) is 9.80 Å². The van der Waals surface area contributed by atoms with E-state index in [2.05, 4.69) is 11.9 Å². The summed E-state index contributed by atoms with van der Waals surface area (Å²) in [6, 6.07) is 0.544. The lowest BCUT2D eigenvalue weighted by Crippen LogP contribution is -2.44. The van der Waals surface area contributed by atoms with Gasteiger partial charge in [-0.15, -0.1) is 0 Å². The second-order valence-corrected chi connectivity index (χ2v) is 5.45. The molecule has 1 saturated carbocycles. The quantitative estimate of drug-likeness (QED) is 0.747. The zero-order chi connectivity index (χ0) is 11.8. The third kappa shape index (κ3) is 2.09. The number of nitrogens with two attached hydrogens (primary N) is 1. The van der Waals surface area contributed by atoms with Crippen molar-refractivity contribution in [2.24, 2.45) is 11.1 Å². The van der Waals surface area contributed by atoms with Crippen LogP contribution in [-0.4, -0.2) is 55.5 Å². The van der Waals surface area contributed by atoms with E-state index in [4.69, 9.17) is 5.73 Å². The third-order valence-corrected chi connectivity index (χ3v) is 4.20. The smallest absolute Gasteiger partial charge is 0.229 e. The zero-order valence-electron chi connectivity index (χ0n) is 10.4. The molecule has 0 radical (unpaired) electrons. The molecule has 0 aromatic carbocycles. The maximum absolute atomic E-state index is 12.2. The first-order chi connectivity index (χ1) is 7.59. The van der Waals surface area contributed by atoms with Crippen LogP contribution in [0.15, 0.2) is 0 Å². The summed E-state index contributed by atoms with van der Waals surface area (Å²) >= 11 is 0. The molecule has 1 unspecified atom stereocenters. The molecule has 92 valence electrons. The molecule has 0 aromatic rings. The highest BCUT2D eigenvalue weighted by Crippen LogP contribution is 2.46. The van der Waals surface area contributed by atoms with Crippen molar-refractivity contribution in [2.45, 2.75) is 31.7 Å². The molecule has 0 spiro atoms. The summed E-state index contributed by atoms with van der Waals surface area (Å²) in [7, 11) is 4.07. The Morgan fingerprint density at radius 2 is 2.25 bits per heavy atom. The minimum absolute atomic E-state index is 0.189. The van der Waals surface area contributed by atoms with Crippen LogP contribution in [-0.2, 0) is 4.79 Å². The van der Waals surface area contributed by atoms with Crippen molar-refractivity contribution < 1.29 is 4.79 Å². The van der Waals surface area contributed by atoms with Gasteiger partial charge in [-0.2, -0.15) is 0 Å². The monoisotopic (exact) mass is 225 g/mol. The van der Waals surface area contributed by atoms with Gasteiger partial charge in [0.2, 0.25) is 5.91 Å². The number of carbonyl (C=O) groups excluding carboxylic acids is 1. The first-order valence-corrected chi connectivity index (χ1v) is 6.25. The predicted octanol–water partition coefficient (Wildman–Crippen LogP) is 0.278. The van der Waals surface area contributed by atoms with Gasteiger partial charge in [-0.05, 0) is 39.3 Å². The first-order valence-electron chi connectivity index (χ1n) is 6.25. The fraction of sp³-hybridized carbons (Fsp3) is 0.917. The van der Waals surface area contributed by atoms with Crippen LogP contribution in [0, 0.1) is 5.41 Å². The molecular weight excluding hydrogens is 202 g/mol. The van der Waals surface area contributed by atoms with Crippen molar-refractivity contribution >= 4 is 5.91 Å². The zero-order valence-corrected chi connectivity index (χ0v) is 10.4. The normalized spacial score (nSPS) is 28.1. The van der Waals surface area contributed by atoms with E-state index >= 15 is 0 Å². The number of likely N-dealkylation sites (N-methyl/N-ethyl adjacent to an activating group) is 2. The molecule has 2 N–H and O–H groups in total. The number of carbonyl (C=O) groups is 1. The van der Waals surface area contributed by atoms with Crippen LogP contribution in [0.3, 0.4) is 0 Å². The molecule has 1 saturated heterocycles. The minimum Gasteiger partial charge on any atom is -0.344 e. The van der Waals surface area contributed by atoms with Gasteiger partial charge in [0.1, 0.15) is 0 Å². The first kappa shape index (κ1) is 11.9. The summed E-state index contributed by atoms with van der Waals surface area (Å²) < 4.78 is 0. The Morgan fingerprint density at radius 3 is 2.69 bits per heavy atom. The summed E-state index contributed by atoms with van der Waals surface area (Å²) in [5.41, 5.74) is 5.50. The van der Waals surface area contributed by atoms with E-state index in [0.29, 0.717) is 12.6 Å². The Kier molecular flexibility index (Phi) is 3.22. The van der Waals surface area contributed by atoms with Crippen LogP contribution in [0.2, 0.25) is 0 Å². The molecule has 1 atom stereocenters. The van der Waals surface area contributed by atoms with Crippen molar-refractivity contribution in [3.63, 3.8) is 0 Å². The highest BCUT2D eigenvalue weighted by Gasteiger charge is 2.50. The lowest BCUT2D eigenvalue weighted by Gasteiger charge is -2.28. The fourth-order valence-electron chi connectivity index (χ4n) is 2.67. The predicted molar refractivity (Wildman–Crippen MR) is 64.0 cm³/mol. The Bertz CT molecular complexity index is 275. The summed E-state index contributed by atoms with van der Waals surface area (Å²) in [5, 5.41) is 0. The lowest BCUT2D eigenvalue weighted by atomic mass is 10.1. The molecule has 1 heterocycles. The highest BCUT2D eigenvalue weighted by atomic mass is 16.2. The van der Waals surface area contributed by atoms with Gasteiger partial charge >= 0.3 is 0 Å². The second-order valence-electron chi connectivity index (χ2n) is 5.45. The molecular formula is C12H23N3O. The number of rotatable bonds is 4. The maximum Gasteiger partial charge on any atom is 0.229 e. The van der Waals surface area contributed by atoms with Crippen LogP contribution in [0.25, 0.3) is 0 Å². The van der Waals surface area contributed by atoms with E-state index in [-0.39, 0.29) is 11.3 Å². The number of hydrogen-bond donors (Lipinski definition) is 1. The number of likely N-dealkylation sites (tertiary alicyclic amines) is 1. The number of hydrogen-bond acceptors (Lipinski definition) is 3. The average molecular weight is 225 g/mol. The second kappa shape index (κ2) is 4.34. The van der Waals surface area contributed by atoms with Crippen LogP contribution in [0.5, 0.6) is 0 Å². The van der Waals surface area contributed by atoms with E-state index in [1.165, 1.54) is 12.8 Å². The summed E-state index contributed by atoms with van der Waals surface area (Å²) in [6.07, 6.45) is 4.43. The molecule has 0 aromatic heterocycles. The van der Waals surface area contributed by atoms with Crippen LogP contribution in [0.1, 0.15) is 25.7 Å². The van der Waals surface area contributed by atoms with Crippen molar-refractivity contribution in [1.29, 1.82) is 0 Å². The van der Waals surface area contributed by atoms with Gasteiger partial charge in [0, 0.05) is 26.2 Å². The third-order valence-electron chi connectivity index (χ3n) is 4.20. The number of amides is 1. The standard InChI is InChI=1S/C12H23N3O/c1-14-7-3-4-10(14)8-15(2)11(16)12(9-13)5-6-12/h10H,3-9,13H2,1-2H3. The Labute approximate surface area is 97.8 Å². The van der Waals surface area contributed by atoms with Crippen LogP contribution >= 0.6 is 0 Å². The highest BCUT2D eigenvalue weighted by molar-refractivity contribution is 5.85. The van der Waals surface area contributed by atoms with Crippen molar-refractivity contribution in [2.75, 3.05) is 33.7 Å². The molecule has 4 nitrogen and oxygen atoms in total.